The maximum absolute atomic E-state index is 8.89. The van der Waals surface area contributed by atoms with Crippen LogP contribution in [0.3, 0.4) is 0 Å². The third kappa shape index (κ3) is 1.31. The van der Waals surface area contributed by atoms with Crippen molar-refractivity contribution in [3.63, 3.8) is 0 Å². The quantitative estimate of drug-likeness (QED) is 0.601. The maximum Gasteiger partial charge on any atom is 0.101 e. The van der Waals surface area contributed by atoms with E-state index in [2.05, 4.69) is 11.1 Å². The van der Waals surface area contributed by atoms with Crippen molar-refractivity contribution >= 4 is 0 Å². The molecule has 0 atom stereocenters. The molecule has 0 amide bonds. The number of hydrogen-bond donors (Lipinski definition) is 0. The summed E-state index contributed by atoms with van der Waals surface area (Å²) in [4.78, 5) is 4.24. The van der Waals surface area contributed by atoms with Crippen LogP contribution in [0.2, 0.25) is 0 Å². The smallest absolute Gasteiger partial charge is 0.101 e. The number of aryl methyl sites for hydroxylation is 1. The van der Waals surface area contributed by atoms with Crippen LogP contribution in [0, 0.1) is 18.3 Å². The zero-order chi connectivity index (χ0) is 9.26. The second-order valence-electron chi connectivity index (χ2n) is 3.53. The first-order chi connectivity index (χ1) is 6.33. The monoisotopic (exact) mass is 172 g/mol. The Morgan fingerprint density at radius 3 is 2.69 bits per heavy atom. The summed E-state index contributed by atoms with van der Waals surface area (Å²) in [6, 6.07) is 2.22. The van der Waals surface area contributed by atoms with E-state index in [1.54, 1.807) is 6.20 Å². The van der Waals surface area contributed by atoms with Crippen LogP contribution >= 0.6 is 0 Å². The molecule has 2 rings (SSSR count). The summed E-state index contributed by atoms with van der Waals surface area (Å²) in [5.41, 5.74) is 4.46. The van der Waals surface area contributed by atoms with Crippen molar-refractivity contribution in [2.24, 2.45) is 0 Å². The fraction of sp³-hybridized carbons (Fsp3) is 0.455. The summed E-state index contributed by atoms with van der Waals surface area (Å²) < 4.78 is 0. The Hall–Kier alpha value is -1.36. The third-order valence-corrected chi connectivity index (χ3v) is 2.74. The molecule has 1 aromatic heterocycles. The molecule has 0 unspecified atom stereocenters. The van der Waals surface area contributed by atoms with Gasteiger partial charge in [-0.15, -0.1) is 0 Å². The van der Waals surface area contributed by atoms with Crippen molar-refractivity contribution in [2.75, 3.05) is 0 Å². The molecule has 66 valence electrons. The summed E-state index contributed by atoms with van der Waals surface area (Å²) in [6.07, 6.45) is 6.32. The summed E-state index contributed by atoms with van der Waals surface area (Å²) in [7, 11) is 0. The zero-order valence-electron chi connectivity index (χ0n) is 7.80. The van der Waals surface area contributed by atoms with Crippen molar-refractivity contribution in [3.8, 4) is 6.07 Å². The largest absolute Gasteiger partial charge is 0.260 e. The van der Waals surface area contributed by atoms with Gasteiger partial charge in [-0.2, -0.15) is 5.26 Å². The lowest BCUT2D eigenvalue weighted by molar-refractivity contribution is 0.675. The van der Waals surface area contributed by atoms with Crippen LogP contribution in [-0.2, 0) is 12.8 Å². The number of fused-ring (bicyclic) bond motifs is 1. The molecule has 0 fully saturated rings. The highest BCUT2D eigenvalue weighted by Gasteiger charge is 2.15. The highest BCUT2D eigenvalue weighted by Crippen LogP contribution is 2.25. The molecule has 13 heavy (non-hydrogen) atoms. The molecule has 1 aromatic rings. The van der Waals surface area contributed by atoms with Crippen LogP contribution in [0.25, 0.3) is 0 Å². The van der Waals surface area contributed by atoms with Gasteiger partial charge in [0.15, 0.2) is 0 Å². The molecule has 0 saturated carbocycles. The second-order valence-corrected chi connectivity index (χ2v) is 3.53. The van der Waals surface area contributed by atoms with E-state index in [9.17, 15) is 0 Å². The van der Waals surface area contributed by atoms with Crippen LogP contribution in [0.15, 0.2) is 6.20 Å². The number of nitriles is 1. The first-order valence-corrected chi connectivity index (χ1v) is 4.70. The predicted octanol–water partition coefficient (Wildman–Crippen LogP) is 2.14. The van der Waals surface area contributed by atoms with E-state index >= 15 is 0 Å². The van der Waals surface area contributed by atoms with E-state index in [-0.39, 0.29) is 0 Å². The lowest BCUT2D eigenvalue weighted by Gasteiger charge is -2.17. The number of rotatable bonds is 0. The van der Waals surface area contributed by atoms with Crippen molar-refractivity contribution in [3.05, 3.63) is 28.6 Å². The SMILES string of the molecule is Cc1ncc(C#N)c2c1CCCC2. The van der Waals surface area contributed by atoms with Gasteiger partial charge in [-0.25, -0.2) is 0 Å². The van der Waals surface area contributed by atoms with Gasteiger partial charge in [0, 0.05) is 11.9 Å². The molecule has 1 heterocycles. The minimum absolute atomic E-state index is 0.778. The van der Waals surface area contributed by atoms with Gasteiger partial charge >= 0.3 is 0 Å². The van der Waals surface area contributed by atoms with Crippen molar-refractivity contribution in [1.82, 2.24) is 4.98 Å². The van der Waals surface area contributed by atoms with Gasteiger partial charge in [0.05, 0.1) is 5.56 Å². The van der Waals surface area contributed by atoms with E-state index < -0.39 is 0 Å². The Bertz CT molecular complexity index is 374. The molecule has 1 aliphatic carbocycles. The Labute approximate surface area is 78.2 Å². The van der Waals surface area contributed by atoms with Gasteiger partial charge in [-0.1, -0.05) is 0 Å². The molecule has 0 spiro atoms. The Morgan fingerprint density at radius 2 is 2.00 bits per heavy atom. The molecular weight excluding hydrogens is 160 g/mol. The van der Waals surface area contributed by atoms with Crippen molar-refractivity contribution in [1.29, 1.82) is 5.26 Å². The minimum Gasteiger partial charge on any atom is -0.260 e. The van der Waals surface area contributed by atoms with E-state index in [0.29, 0.717) is 0 Å². The molecule has 1 aliphatic rings. The van der Waals surface area contributed by atoms with Crippen molar-refractivity contribution < 1.29 is 0 Å². The molecule has 0 N–H and O–H groups in total. The summed E-state index contributed by atoms with van der Waals surface area (Å²) in [6.45, 7) is 2.03. The van der Waals surface area contributed by atoms with Gasteiger partial charge in [0.2, 0.25) is 0 Å². The van der Waals surface area contributed by atoms with Crippen LogP contribution in [-0.4, -0.2) is 4.98 Å². The van der Waals surface area contributed by atoms with Crippen LogP contribution in [0.4, 0.5) is 0 Å². The normalized spacial score (nSPS) is 14.8. The molecule has 0 aliphatic heterocycles. The summed E-state index contributed by atoms with van der Waals surface area (Å²) in [5, 5.41) is 8.89. The zero-order valence-corrected chi connectivity index (χ0v) is 7.80. The van der Waals surface area contributed by atoms with E-state index in [0.717, 1.165) is 24.1 Å². The molecule has 2 heteroatoms. The number of aromatic nitrogens is 1. The summed E-state index contributed by atoms with van der Waals surface area (Å²) in [5.74, 6) is 0. The molecule has 0 saturated heterocycles. The predicted molar refractivity (Wildman–Crippen MR) is 50.3 cm³/mol. The first kappa shape index (κ1) is 8.25. The number of hydrogen-bond acceptors (Lipinski definition) is 2. The number of pyridine rings is 1. The lowest BCUT2D eigenvalue weighted by atomic mass is 9.88. The van der Waals surface area contributed by atoms with Gasteiger partial charge in [0.25, 0.3) is 0 Å². The fourth-order valence-corrected chi connectivity index (χ4v) is 2.02. The van der Waals surface area contributed by atoms with Crippen LogP contribution in [0.1, 0.15) is 35.2 Å². The topological polar surface area (TPSA) is 36.7 Å². The highest BCUT2D eigenvalue weighted by molar-refractivity contribution is 5.44. The third-order valence-electron chi connectivity index (χ3n) is 2.74. The van der Waals surface area contributed by atoms with Gasteiger partial charge in [0.1, 0.15) is 6.07 Å². The Balaban J connectivity index is 2.61. The fourth-order valence-electron chi connectivity index (χ4n) is 2.02. The second kappa shape index (κ2) is 3.18. The molecule has 0 bridgehead atoms. The lowest BCUT2D eigenvalue weighted by Crippen LogP contribution is -2.08. The van der Waals surface area contributed by atoms with Crippen molar-refractivity contribution in [2.45, 2.75) is 32.6 Å². The van der Waals surface area contributed by atoms with E-state index in [1.165, 1.54) is 24.0 Å². The average Bonchev–Trinajstić information content (AvgIpc) is 2.19. The van der Waals surface area contributed by atoms with Gasteiger partial charge < -0.3 is 0 Å². The highest BCUT2D eigenvalue weighted by atomic mass is 14.7. The molecule has 0 aromatic carbocycles. The Morgan fingerprint density at radius 1 is 1.31 bits per heavy atom. The Kier molecular flexibility index (Phi) is 2.02. The first-order valence-electron chi connectivity index (χ1n) is 4.70. The minimum atomic E-state index is 0.778. The average molecular weight is 172 g/mol. The van der Waals surface area contributed by atoms with Gasteiger partial charge in [-0.05, 0) is 43.7 Å². The molecule has 0 radical (unpaired) electrons. The standard InChI is InChI=1S/C11H12N2/c1-8-10-4-2-3-5-11(10)9(6-12)7-13-8/h7H,2-5H2,1H3. The number of nitrogens with zero attached hydrogens (tertiary/aromatic N) is 2. The van der Waals surface area contributed by atoms with E-state index in [4.69, 9.17) is 5.26 Å². The maximum atomic E-state index is 8.89. The molecular formula is C11H12N2. The van der Waals surface area contributed by atoms with E-state index in [1.807, 2.05) is 6.92 Å². The van der Waals surface area contributed by atoms with Crippen LogP contribution < -0.4 is 0 Å². The summed E-state index contributed by atoms with van der Waals surface area (Å²) >= 11 is 0. The van der Waals surface area contributed by atoms with Gasteiger partial charge in [-0.3, -0.25) is 4.98 Å². The van der Waals surface area contributed by atoms with Crippen LogP contribution in [0.5, 0.6) is 0 Å². The molecule has 2 nitrogen and oxygen atoms in total.